The number of halogens is 1. The highest BCUT2D eigenvalue weighted by Gasteiger charge is 2.25. The molecule has 1 aromatic heterocycles. The fraction of sp³-hybridized carbons (Fsp3) is 0.278. The second kappa shape index (κ2) is 7.62. The van der Waals surface area contributed by atoms with Gasteiger partial charge in [0.1, 0.15) is 0 Å². The molecule has 0 spiro atoms. The van der Waals surface area contributed by atoms with Crippen molar-refractivity contribution in [3.8, 4) is 0 Å². The molecule has 0 radical (unpaired) electrons. The molecule has 1 aliphatic heterocycles. The minimum Gasteiger partial charge on any atom is -0.444 e. The molecule has 0 aliphatic carbocycles. The third-order valence-corrected chi connectivity index (χ3v) is 4.48. The van der Waals surface area contributed by atoms with Crippen molar-refractivity contribution in [3.05, 3.63) is 64.5 Å². The lowest BCUT2D eigenvalue weighted by molar-refractivity contribution is -0.898. The van der Waals surface area contributed by atoms with Gasteiger partial charge in [-0.2, -0.15) is 0 Å². The van der Waals surface area contributed by atoms with Gasteiger partial charge < -0.3 is 14.2 Å². The Kier molecular flexibility index (Phi) is 5.31. The number of piperazine rings is 1. The van der Waals surface area contributed by atoms with E-state index in [2.05, 4.69) is 40.2 Å². The van der Waals surface area contributed by atoms with Gasteiger partial charge in [-0.25, -0.2) is 0 Å². The van der Waals surface area contributed by atoms with E-state index in [1.807, 2.05) is 23.1 Å². The van der Waals surface area contributed by atoms with Crippen LogP contribution in [-0.2, 0) is 0 Å². The summed E-state index contributed by atoms with van der Waals surface area (Å²) < 4.78 is 5.94. The maximum Gasteiger partial charge on any atom is 0.290 e. The van der Waals surface area contributed by atoms with E-state index < -0.39 is 0 Å². The lowest BCUT2D eigenvalue weighted by Crippen LogP contribution is -3.14. The van der Waals surface area contributed by atoms with Crippen LogP contribution >= 0.6 is 15.9 Å². The monoisotopic (exact) mass is 375 g/mol. The fourth-order valence-electron chi connectivity index (χ4n) is 2.74. The molecule has 1 saturated heterocycles. The molecular formula is C18H20BrN2O2+. The summed E-state index contributed by atoms with van der Waals surface area (Å²) in [6.45, 7) is 4.46. The topological polar surface area (TPSA) is 37.9 Å². The van der Waals surface area contributed by atoms with Crippen LogP contribution in [0.2, 0.25) is 0 Å². The summed E-state index contributed by atoms with van der Waals surface area (Å²) in [5.74, 6) is 0.388. The van der Waals surface area contributed by atoms with E-state index in [9.17, 15) is 4.79 Å². The van der Waals surface area contributed by atoms with Gasteiger partial charge in [-0.05, 0) is 39.7 Å². The van der Waals surface area contributed by atoms with E-state index in [1.54, 1.807) is 12.1 Å². The van der Waals surface area contributed by atoms with E-state index in [0.29, 0.717) is 10.4 Å². The molecule has 120 valence electrons. The van der Waals surface area contributed by atoms with E-state index in [4.69, 9.17) is 4.42 Å². The van der Waals surface area contributed by atoms with Crippen molar-refractivity contribution < 1.29 is 14.1 Å². The Morgan fingerprint density at radius 2 is 1.91 bits per heavy atom. The molecule has 0 unspecified atom stereocenters. The molecule has 2 aromatic rings. The van der Waals surface area contributed by atoms with Gasteiger partial charge in [0.2, 0.25) is 0 Å². The number of carbonyl (C=O) groups is 1. The van der Waals surface area contributed by atoms with E-state index in [-0.39, 0.29) is 5.91 Å². The van der Waals surface area contributed by atoms with Gasteiger partial charge in [-0.1, -0.05) is 36.4 Å². The van der Waals surface area contributed by atoms with E-state index in [0.717, 1.165) is 32.7 Å². The van der Waals surface area contributed by atoms with Crippen molar-refractivity contribution in [2.75, 3.05) is 32.7 Å². The summed E-state index contributed by atoms with van der Waals surface area (Å²) in [5, 5.41) is 0. The van der Waals surface area contributed by atoms with Crippen molar-refractivity contribution in [1.29, 1.82) is 0 Å². The number of nitrogens with one attached hydrogen (secondary N) is 1. The Morgan fingerprint density at radius 3 is 2.57 bits per heavy atom. The molecule has 2 heterocycles. The van der Waals surface area contributed by atoms with Crippen LogP contribution in [-0.4, -0.2) is 43.5 Å². The second-order valence-electron chi connectivity index (χ2n) is 5.66. The van der Waals surface area contributed by atoms with Gasteiger partial charge in [-0.15, -0.1) is 0 Å². The van der Waals surface area contributed by atoms with Crippen LogP contribution in [0.1, 0.15) is 16.1 Å². The van der Waals surface area contributed by atoms with Gasteiger partial charge in [0.15, 0.2) is 10.4 Å². The highest BCUT2D eigenvalue weighted by Crippen LogP contribution is 2.15. The molecule has 1 N–H and O–H groups in total. The predicted octanol–water partition coefficient (Wildman–Crippen LogP) is 2.10. The van der Waals surface area contributed by atoms with Crippen LogP contribution in [0.15, 0.2) is 57.6 Å². The number of hydrogen-bond acceptors (Lipinski definition) is 2. The summed E-state index contributed by atoms with van der Waals surface area (Å²) in [6.07, 6.45) is 4.37. The van der Waals surface area contributed by atoms with E-state index in [1.165, 1.54) is 10.5 Å². The van der Waals surface area contributed by atoms with Crippen LogP contribution in [0.25, 0.3) is 6.08 Å². The number of quaternary nitrogens is 1. The SMILES string of the molecule is O=C(c1ccc(Br)o1)N1CC[NH+](C/C=C/c2ccccc2)CC1. The zero-order valence-corrected chi connectivity index (χ0v) is 14.5. The number of rotatable bonds is 4. The van der Waals surface area contributed by atoms with Crippen LogP contribution < -0.4 is 4.90 Å². The largest absolute Gasteiger partial charge is 0.444 e. The summed E-state index contributed by atoms with van der Waals surface area (Å²) in [5.41, 5.74) is 1.23. The quantitative estimate of drug-likeness (QED) is 0.888. The maximum atomic E-state index is 12.3. The van der Waals surface area contributed by atoms with Crippen LogP contribution in [0.5, 0.6) is 0 Å². The Hall–Kier alpha value is -1.85. The van der Waals surface area contributed by atoms with Crippen LogP contribution in [0, 0.1) is 0 Å². The Morgan fingerprint density at radius 1 is 1.17 bits per heavy atom. The molecule has 1 aromatic carbocycles. The standard InChI is InChI=1S/C18H19BrN2O2/c19-17-9-8-16(23-17)18(22)21-13-11-20(12-14-21)10-4-7-15-5-2-1-3-6-15/h1-9H,10-14H2/p+1/b7-4+. The fourth-order valence-corrected chi connectivity index (χ4v) is 3.05. The van der Waals surface area contributed by atoms with Crippen molar-refractivity contribution >= 4 is 27.9 Å². The summed E-state index contributed by atoms with van der Waals surface area (Å²) >= 11 is 3.23. The number of benzene rings is 1. The Labute approximate surface area is 144 Å². The highest BCUT2D eigenvalue weighted by molar-refractivity contribution is 9.10. The van der Waals surface area contributed by atoms with Crippen molar-refractivity contribution in [2.45, 2.75) is 0 Å². The average Bonchev–Trinajstić information content (AvgIpc) is 3.02. The van der Waals surface area contributed by atoms with Crippen molar-refractivity contribution in [1.82, 2.24) is 4.90 Å². The normalized spacial score (nSPS) is 16.1. The molecule has 0 atom stereocenters. The first-order chi connectivity index (χ1) is 11.2. The molecule has 0 saturated carbocycles. The number of nitrogens with zero attached hydrogens (tertiary/aromatic N) is 1. The van der Waals surface area contributed by atoms with Gasteiger partial charge in [-0.3, -0.25) is 4.79 Å². The minimum absolute atomic E-state index is 0.0189. The summed E-state index contributed by atoms with van der Waals surface area (Å²) in [4.78, 5) is 15.7. The van der Waals surface area contributed by atoms with Crippen molar-refractivity contribution in [3.63, 3.8) is 0 Å². The van der Waals surface area contributed by atoms with Crippen LogP contribution in [0.3, 0.4) is 0 Å². The molecular weight excluding hydrogens is 356 g/mol. The van der Waals surface area contributed by atoms with Gasteiger partial charge in [0.25, 0.3) is 5.91 Å². The maximum absolute atomic E-state index is 12.3. The first kappa shape index (κ1) is 16.0. The zero-order chi connectivity index (χ0) is 16.1. The highest BCUT2D eigenvalue weighted by atomic mass is 79.9. The Bertz CT molecular complexity index is 673. The molecule has 1 fully saturated rings. The molecule has 0 bridgehead atoms. The minimum atomic E-state index is -0.0189. The first-order valence-corrected chi connectivity index (χ1v) is 8.61. The lowest BCUT2D eigenvalue weighted by Gasteiger charge is -2.31. The lowest BCUT2D eigenvalue weighted by atomic mass is 10.2. The van der Waals surface area contributed by atoms with E-state index >= 15 is 0 Å². The first-order valence-electron chi connectivity index (χ1n) is 7.82. The van der Waals surface area contributed by atoms with Gasteiger partial charge in [0, 0.05) is 0 Å². The molecule has 4 nitrogen and oxygen atoms in total. The molecule has 1 amide bonds. The zero-order valence-electron chi connectivity index (χ0n) is 12.9. The van der Waals surface area contributed by atoms with Gasteiger partial charge in [0.05, 0.1) is 32.7 Å². The third-order valence-electron chi connectivity index (χ3n) is 4.06. The summed E-state index contributed by atoms with van der Waals surface area (Å²) in [7, 11) is 0. The summed E-state index contributed by atoms with van der Waals surface area (Å²) in [6, 6.07) is 13.8. The Balaban J connectivity index is 1.47. The smallest absolute Gasteiger partial charge is 0.290 e. The molecule has 3 rings (SSSR count). The number of carbonyl (C=O) groups excluding carboxylic acids is 1. The molecule has 5 heteroatoms. The number of amides is 1. The second-order valence-corrected chi connectivity index (χ2v) is 6.44. The van der Waals surface area contributed by atoms with Gasteiger partial charge >= 0.3 is 0 Å². The van der Waals surface area contributed by atoms with Crippen LogP contribution in [0.4, 0.5) is 0 Å². The average molecular weight is 376 g/mol. The number of hydrogen-bond donors (Lipinski definition) is 1. The predicted molar refractivity (Wildman–Crippen MR) is 93.4 cm³/mol. The molecule has 1 aliphatic rings. The number of furan rings is 1. The third kappa shape index (κ3) is 4.33. The van der Waals surface area contributed by atoms with Crippen molar-refractivity contribution in [2.24, 2.45) is 0 Å². The molecule has 23 heavy (non-hydrogen) atoms.